The van der Waals surface area contributed by atoms with E-state index in [4.69, 9.17) is 0 Å². The maximum Gasteiger partial charge on any atom is 0.143 e. The topological polar surface area (TPSA) is 50.9 Å². The molecule has 0 atom stereocenters. The molecule has 5 heteroatoms. The van der Waals surface area contributed by atoms with Gasteiger partial charge in [0.05, 0.1) is 0 Å². The van der Waals surface area contributed by atoms with Crippen molar-refractivity contribution >= 4 is 22.8 Å². The van der Waals surface area contributed by atoms with Crippen LogP contribution in [0.2, 0.25) is 0 Å². The number of nitrogens with zero attached hydrogens (tertiary/aromatic N) is 3. The van der Waals surface area contributed by atoms with E-state index < -0.39 is 0 Å². The Morgan fingerprint density at radius 2 is 2.06 bits per heavy atom. The van der Waals surface area contributed by atoms with Crippen molar-refractivity contribution in [3.63, 3.8) is 0 Å². The molecular formula is C13H10N3OS. The monoisotopic (exact) mass is 256 g/mol. The summed E-state index contributed by atoms with van der Waals surface area (Å²) in [7, 11) is 0. The van der Waals surface area contributed by atoms with Crippen LogP contribution < -0.4 is 0 Å². The van der Waals surface area contributed by atoms with E-state index in [1.807, 2.05) is 24.5 Å². The summed E-state index contributed by atoms with van der Waals surface area (Å²) < 4.78 is 0. The molecule has 3 rings (SSSR count). The first-order valence-corrected chi connectivity index (χ1v) is 6.61. The molecule has 2 aromatic carbocycles. The number of hydrogen-bond donors (Lipinski definition) is 1. The summed E-state index contributed by atoms with van der Waals surface area (Å²) in [4.78, 5) is 2.57. The molecule has 1 heterocycles. The molecule has 89 valence electrons. The normalized spacial score (nSPS) is 10.9. The summed E-state index contributed by atoms with van der Waals surface area (Å²) in [6.45, 7) is 0. The molecule has 18 heavy (non-hydrogen) atoms. The van der Waals surface area contributed by atoms with Gasteiger partial charge in [0.2, 0.25) is 0 Å². The van der Waals surface area contributed by atoms with Crippen molar-refractivity contribution < 1.29 is 5.11 Å². The van der Waals surface area contributed by atoms with E-state index in [9.17, 15) is 5.11 Å². The number of hydrogen-bond acceptors (Lipinski definition) is 4. The number of aromatic hydroxyl groups is 1. The number of phenols is 1. The van der Waals surface area contributed by atoms with Gasteiger partial charge in [0, 0.05) is 4.90 Å². The molecule has 0 saturated heterocycles. The second-order valence-electron chi connectivity index (χ2n) is 3.76. The van der Waals surface area contributed by atoms with E-state index in [1.165, 1.54) is 4.80 Å². The van der Waals surface area contributed by atoms with Crippen LogP contribution in [0.1, 0.15) is 0 Å². The fourth-order valence-corrected chi connectivity index (χ4v) is 2.14. The molecule has 1 aromatic heterocycles. The number of aromatic nitrogens is 3. The summed E-state index contributed by atoms with van der Waals surface area (Å²) in [5.41, 5.74) is 2.14. The molecule has 0 bridgehead atoms. The van der Waals surface area contributed by atoms with E-state index in [0.717, 1.165) is 15.9 Å². The number of fused-ring (bicyclic) bond motifs is 1. The van der Waals surface area contributed by atoms with E-state index in [-0.39, 0.29) is 5.75 Å². The number of phenolic OH excluding ortho intramolecular Hbond substituents is 1. The third kappa shape index (κ3) is 1.82. The Bertz CT molecular complexity index is 708. The van der Waals surface area contributed by atoms with Crippen LogP contribution in [0.3, 0.4) is 0 Å². The zero-order valence-electron chi connectivity index (χ0n) is 9.66. The van der Waals surface area contributed by atoms with Crippen LogP contribution >= 0.6 is 11.8 Å². The Balaban J connectivity index is 2.17. The molecule has 0 fully saturated rings. The Morgan fingerprint density at radius 3 is 2.83 bits per heavy atom. The lowest BCUT2D eigenvalue weighted by molar-refractivity contribution is 0.468. The molecule has 0 aliphatic heterocycles. The average Bonchev–Trinajstić information content (AvgIpc) is 2.81. The van der Waals surface area contributed by atoms with Crippen LogP contribution in [0.15, 0.2) is 41.3 Å². The predicted octanol–water partition coefficient (Wildman–Crippen LogP) is 2.65. The quantitative estimate of drug-likeness (QED) is 0.716. The highest BCUT2D eigenvalue weighted by atomic mass is 32.2. The highest BCUT2D eigenvalue weighted by Gasteiger charge is 2.08. The van der Waals surface area contributed by atoms with Gasteiger partial charge in [0.1, 0.15) is 22.5 Å². The summed E-state index contributed by atoms with van der Waals surface area (Å²) in [5.74, 6) is 0.138. The fourth-order valence-electron chi connectivity index (χ4n) is 1.70. The lowest BCUT2D eigenvalue weighted by Gasteiger charge is -2.00. The standard InChI is InChI=1S/C13H10N3OS/c1-18-9-6-7-10-11(8-9)15-16(14-10)12-4-2-3-5-13(12)17/h3-8,17H,1H3. The molecule has 0 saturated carbocycles. The zero-order chi connectivity index (χ0) is 12.5. The van der Waals surface area contributed by atoms with Gasteiger partial charge in [0.25, 0.3) is 0 Å². The number of benzene rings is 2. The first-order valence-electron chi connectivity index (χ1n) is 5.38. The summed E-state index contributed by atoms with van der Waals surface area (Å²) in [6.07, 6.45) is 2.02. The van der Waals surface area contributed by atoms with Gasteiger partial charge < -0.3 is 5.11 Å². The average molecular weight is 256 g/mol. The smallest absolute Gasteiger partial charge is 0.143 e. The van der Waals surface area contributed by atoms with Crippen LogP contribution in [0, 0.1) is 6.07 Å². The fraction of sp³-hybridized carbons (Fsp3) is 0.0769. The summed E-state index contributed by atoms with van der Waals surface area (Å²) >= 11 is 1.66. The van der Waals surface area contributed by atoms with Crippen LogP contribution in [-0.2, 0) is 0 Å². The van der Waals surface area contributed by atoms with Crippen LogP contribution in [-0.4, -0.2) is 26.4 Å². The third-order valence-electron chi connectivity index (χ3n) is 2.62. The maximum atomic E-state index is 9.76. The Kier molecular flexibility index (Phi) is 2.68. The SMILES string of the molecule is CSc1ccc2nn(-c3c[c]ccc3O)nc2c1. The first kappa shape index (κ1) is 11.1. The number of thioether (sulfide) groups is 1. The van der Waals surface area contributed by atoms with Gasteiger partial charge >= 0.3 is 0 Å². The van der Waals surface area contributed by atoms with Gasteiger partial charge in [-0.1, -0.05) is 6.07 Å². The van der Waals surface area contributed by atoms with Crippen molar-refractivity contribution in [2.45, 2.75) is 4.90 Å². The van der Waals surface area contributed by atoms with E-state index >= 15 is 0 Å². The molecule has 4 nitrogen and oxygen atoms in total. The Morgan fingerprint density at radius 1 is 1.22 bits per heavy atom. The highest BCUT2D eigenvalue weighted by molar-refractivity contribution is 7.98. The van der Waals surface area contributed by atoms with Gasteiger partial charge in [-0.25, -0.2) is 0 Å². The van der Waals surface area contributed by atoms with Crippen molar-refractivity contribution in [1.82, 2.24) is 15.0 Å². The molecule has 0 amide bonds. The Hall–Kier alpha value is -2.01. The van der Waals surface area contributed by atoms with Gasteiger partial charge in [-0.3, -0.25) is 0 Å². The third-order valence-corrected chi connectivity index (χ3v) is 3.35. The van der Waals surface area contributed by atoms with Crippen molar-refractivity contribution in [3.8, 4) is 11.4 Å². The minimum atomic E-state index is 0.138. The van der Waals surface area contributed by atoms with Crippen LogP contribution in [0.5, 0.6) is 5.75 Å². The van der Waals surface area contributed by atoms with Crippen molar-refractivity contribution in [1.29, 1.82) is 0 Å². The van der Waals surface area contributed by atoms with E-state index in [0.29, 0.717) is 5.69 Å². The highest BCUT2D eigenvalue weighted by Crippen LogP contribution is 2.23. The van der Waals surface area contributed by atoms with Crippen LogP contribution in [0.4, 0.5) is 0 Å². The lowest BCUT2D eigenvalue weighted by Crippen LogP contribution is -1.98. The minimum absolute atomic E-state index is 0.138. The van der Waals surface area contributed by atoms with Gasteiger partial charge in [-0.15, -0.1) is 26.8 Å². The molecule has 0 unspecified atom stereocenters. The minimum Gasteiger partial charge on any atom is -0.506 e. The van der Waals surface area contributed by atoms with Gasteiger partial charge in [-0.05, 0) is 42.7 Å². The summed E-state index contributed by atoms with van der Waals surface area (Å²) in [6, 6.07) is 13.7. The van der Waals surface area contributed by atoms with Crippen molar-refractivity contribution in [2.24, 2.45) is 0 Å². The van der Waals surface area contributed by atoms with E-state index in [1.54, 1.807) is 30.0 Å². The second-order valence-corrected chi connectivity index (χ2v) is 4.64. The molecule has 0 spiro atoms. The summed E-state index contributed by atoms with van der Waals surface area (Å²) in [5, 5.41) is 18.5. The predicted molar refractivity (Wildman–Crippen MR) is 71.1 cm³/mol. The molecule has 0 aliphatic carbocycles. The molecule has 1 radical (unpaired) electrons. The lowest BCUT2D eigenvalue weighted by atomic mass is 10.3. The largest absolute Gasteiger partial charge is 0.506 e. The Labute approximate surface area is 108 Å². The first-order chi connectivity index (χ1) is 8.78. The maximum absolute atomic E-state index is 9.76. The zero-order valence-corrected chi connectivity index (χ0v) is 10.5. The number of rotatable bonds is 2. The van der Waals surface area contributed by atoms with Crippen LogP contribution in [0.25, 0.3) is 16.7 Å². The van der Waals surface area contributed by atoms with Gasteiger partial charge in [-0.2, -0.15) is 0 Å². The molecule has 3 aromatic rings. The molecular weight excluding hydrogens is 246 g/mol. The van der Waals surface area contributed by atoms with E-state index in [2.05, 4.69) is 16.3 Å². The van der Waals surface area contributed by atoms with Crippen molar-refractivity contribution in [3.05, 3.63) is 42.5 Å². The van der Waals surface area contributed by atoms with Crippen molar-refractivity contribution in [2.75, 3.05) is 6.26 Å². The molecule has 1 N–H and O–H groups in total. The molecule has 0 aliphatic rings. The second kappa shape index (κ2) is 4.34. The van der Waals surface area contributed by atoms with Gasteiger partial charge in [0.15, 0.2) is 0 Å².